The first-order chi connectivity index (χ1) is 12.7. The Morgan fingerprint density at radius 1 is 1.12 bits per heavy atom. The first kappa shape index (κ1) is 16.3. The van der Waals surface area contributed by atoms with Crippen molar-refractivity contribution in [1.82, 2.24) is 9.38 Å². The molecule has 0 atom stereocenters. The van der Waals surface area contributed by atoms with Crippen molar-refractivity contribution in [1.29, 1.82) is 0 Å². The van der Waals surface area contributed by atoms with Crippen molar-refractivity contribution in [2.45, 2.75) is 13.3 Å². The molecule has 0 aliphatic rings. The number of aromatic nitrogens is 2. The fraction of sp³-hybridized carbons (Fsp3) is 0.143. The summed E-state index contributed by atoms with van der Waals surface area (Å²) in [4.78, 5) is 16.5. The minimum absolute atomic E-state index is 0.0839. The number of nitrogens with zero attached hydrogens (tertiary/aromatic N) is 2. The molecule has 26 heavy (non-hydrogen) atoms. The number of imidazole rings is 1. The number of anilines is 1. The van der Waals surface area contributed by atoms with Gasteiger partial charge in [-0.05, 0) is 35.9 Å². The van der Waals surface area contributed by atoms with Crippen LogP contribution in [0.4, 0.5) is 5.69 Å². The van der Waals surface area contributed by atoms with Gasteiger partial charge in [0.05, 0.1) is 11.4 Å². The highest BCUT2D eigenvalue weighted by Gasteiger charge is 2.12. The monoisotopic (exact) mass is 344 g/mol. The lowest BCUT2D eigenvalue weighted by Crippen LogP contribution is -2.16. The molecule has 0 aliphatic heterocycles. The first-order valence-corrected chi connectivity index (χ1v) is 8.63. The zero-order valence-corrected chi connectivity index (χ0v) is 14.6. The molecule has 0 saturated carbocycles. The van der Waals surface area contributed by atoms with Crippen molar-refractivity contribution in [2.24, 2.45) is 5.73 Å². The summed E-state index contributed by atoms with van der Waals surface area (Å²) in [6, 6.07) is 18.4. The summed E-state index contributed by atoms with van der Waals surface area (Å²) in [7, 11) is 0. The Morgan fingerprint density at radius 3 is 2.73 bits per heavy atom. The molecule has 2 aromatic heterocycles. The van der Waals surface area contributed by atoms with Gasteiger partial charge in [0.25, 0.3) is 0 Å². The maximum absolute atomic E-state index is 11.8. The lowest BCUT2D eigenvalue weighted by molar-refractivity contribution is -0.116. The second-order valence-electron chi connectivity index (χ2n) is 6.34. The van der Waals surface area contributed by atoms with Gasteiger partial charge in [-0.25, -0.2) is 4.98 Å². The predicted molar refractivity (Wildman–Crippen MR) is 105 cm³/mol. The second kappa shape index (κ2) is 6.61. The summed E-state index contributed by atoms with van der Waals surface area (Å²) in [5.41, 5.74) is 10.1. The van der Waals surface area contributed by atoms with Gasteiger partial charge in [-0.3, -0.25) is 4.79 Å². The van der Waals surface area contributed by atoms with Gasteiger partial charge < -0.3 is 15.5 Å². The van der Waals surface area contributed by atoms with Crippen LogP contribution in [0.15, 0.2) is 60.8 Å². The molecule has 0 bridgehead atoms. The zero-order chi connectivity index (χ0) is 18.1. The van der Waals surface area contributed by atoms with Crippen molar-refractivity contribution in [2.75, 3.05) is 11.9 Å². The fourth-order valence-corrected chi connectivity index (χ4v) is 3.20. The average Bonchev–Trinajstić information content (AvgIpc) is 2.98. The van der Waals surface area contributed by atoms with Gasteiger partial charge in [-0.1, -0.05) is 36.4 Å². The summed E-state index contributed by atoms with van der Waals surface area (Å²) in [6.45, 7) is 2.38. The summed E-state index contributed by atoms with van der Waals surface area (Å²) in [5.74, 6) is -0.0839. The van der Waals surface area contributed by atoms with E-state index in [1.165, 1.54) is 10.8 Å². The van der Waals surface area contributed by atoms with Gasteiger partial charge >= 0.3 is 0 Å². The zero-order valence-electron chi connectivity index (χ0n) is 14.6. The number of carbonyl (C=O) groups excluding carboxylic acids is 1. The van der Waals surface area contributed by atoms with Crippen LogP contribution in [-0.4, -0.2) is 21.8 Å². The number of amides is 1. The van der Waals surface area contributed by atoms with Crippen LogP contribution in [0.5, 0.6) is 0 Å². The Kier molecular flexibility index (Phi) is 4.14. The smallest absolute Gasteiger partial charge is 0.225 e. The molecule has 4 rings (SSSR count). The topological polar surface area (TPSA) is 72.4 Å². The van der Waals surface area contributed by atoms with Gasteiger partial charge in [-0.15, -0.1) is 0 Å². The van der Waals surface area contributed by atoms with Crippen molar-refractivity contribution >= 4 is 28.0 Å². The highest BCUT2D eigenvalue weighted by Crippen LogP contribution is 2.28. The summed E-state index contributed by atoms with van der Waals surface area (Å²) in [5, 5.41) is 5.27. The lowest BCUT2D eigenvalue weighted by atomic mass is 10.0. The van der Waals surface area contributed by atoms with Crippen molar-refractivity contribution in [3.8, 4) is 11.3 Å². The standard InChI is InChI=1S/C21H20N4O/c1-14-21(17-7-6-15-4-2-3-5-16(15)12-17)24-19-9-8-18(13-25(14)19)23-20(26)10-11-22/h2-9,12-13H,10-11,22H2,1H3,(H,23,26). The largest absolute Gasteiger partial charge is 0.330 e. The molecule has 0 aliphatic carbocycles. The molecule has 0 spiro atoms. The number of hydrogen-bond acceptors (Lipinski definition) is 3. The fourth-order valence-electron chi connectivity index (χ4n) is 3.20. The third-order valence-electron chi connectivity index (χ3n) is 4.54. The summed E-state index contributed by atoms with van der Waals surface area (Å²) < 4.78 is 2.00. The van der Waals surface area contributed by atoms with Crippen LogP contribution >= 0.6 is 0 Å². The third-order valence-corrected chi connectivity index (χ3v) is 4.54. The molecule has 2 aromatic carbocycles. The molecule has 2 heterocycles. The second-order valence-corrected chi connectivity index (χ2v) is 6.34. The number of hydrogen-bond donors (Lipinski definition) is 2. The van der Waals surface area contributed by atoms with Crippen molar-refractivity contribution < 1.29 is 4.79 Å². The van der Waals surface area contributed by atoms with Gasteiger partial charge in [0.1, 0.15) is 5.65 Å². The third kappa shape index (κ3) is 2.93. The molecule has 130 valence electrons. The van der Waals surface area contributed by atoms with E-state index in [4.69, 9.17) is 10.7 Å². The number of nitrogens with one attached hydrogen (secondary N) is 1. The molecular formula is C21H20N4O. The Balaban J connectivity index is 1.75. The number of rotatable bonds is 4. The van der Waals surface area contributed by atoms with Gasteiger partial charge in [0.2, 0.25) is 5.91 Å². The number of benzene rings is 2. The Bertz CT molecular complexity index is 1110. The van der Waals surface area contributed by atoms with E-state index in [1.54, 1.807) is 0 Å². The van der Waals surface area contributed by atoms with E-state index in [0.29, 0.717) is 13.0 Å². The predicted octanol–water partition coefficient (Wildman–Crippen LogP) is 3.75. The van der Waals surface area contributed by atoms with Gasteiger partial charge in [0.15, 0.2) is 0 Å². The molecule has 0 unspecified atom stereocenters. The van der Waals surface area contributed by atoms with E-state index in [9.17, 15) is 4.79 Å². The van der Waals surface area contributed by atoms with E-state index in [1.807, 2.05) is 41.8 Å². The molecule has 1 amide bonds. The van der Waals surface area contributed by atoms with E-state index < -0.39 is 0 Å². The molecular weight excluding hydrogens is 324 g/mol. The Morgan fingerprint density at radius 2 is 1.92 bits per heavy atom. The van der Waals surface area contributed by atoms with E-state index in [-0.39, 0.29) is 5.91 Å². The van der Waals surface area contributed by atoms with Gasteiger partial charge in [0, 0.05) is 30.4 Å². The van der Waals surface area contributed by atoms with Gasteiger partial charge in [-0.2, -0.15) is 0 Å². The van der Waals surface area contributed by atoms with Crippen LogP contribution in [-0.2, 0) is 4.79 Å². The molecule has 0 radical (unpaired) electrons. The van der Waals surface area contributed by atoms with Crippen LogP contribution in [0, 0.1) is 6.92 Å². The molecule has 4 aromatic rings. The highest BCUT2D eigenvalue weighted by atomic mass is 16.1. The van der Waals surface area contributed by atoms with E-state index in [0.717, 1.165) is 28.3 Å². The highest BCUT2D eigenvalue weighted by molar-refractivity contribution is 5.91. The molecule has 3 N–H and O–H groups in total. The molecule has 5 nitrogen and oxygen atoms in total. The van der Waals surface area contributed by atoms with Crippen LogP contribution < -0.4 is 11.1 Å². The minimum Gasteiger partial charge on any atom is -0.330 e. The van der Waals surface area contributed by atoms with Crippen molar-refractivity contribution in [3.63, 3.8) is 0 Å². The maximum Gasteiger partial charge on any atom is 0.225 e. The summed E-state index contributed by atoms with van der Waals surface area (Å²) in [6.07, 6.45) is 2.21. The molecule has 0 fully saturated rings. The average molecular weight is 344 g/mol. The first-order valence-electron chi connectivity index (χ1n) is 8.63. The number of carbonyl (C=O) groups is 1. The Hall–Kier alpha value is -3.18. The van der Waals surface area contributed by atoms with E-state index >= 15 is 0 Å². The number of nitrogens with two attached hydrogens (primary N) is 1. The molecule has 0 saturated heterocycles. The summed E-state index contributed by atoms with van der Waals surface area (Å²) >= 11 is 0. The van der Waals surface area contributed by atoms with E-state index in [2.05, 4.69) is 35.6 Å². The number of aryl methyl sites for hydroxylation is 1. The number of pyridine rings is 1. The van der Waals surface area contributed by atoms with Crippen LogP contribution in [0.2, 0.25) is 0 Å². The SMILES string of the molecule is Cc1c(-c2ccc3ccccc3c2)nc2ccc(NC(=O)CCN)cn12. The maximum atomic E-state index is 11.8. The normalized spacial score (nSPS) is 11.2. The lowest BCUT2D eigenvalue weighted by Gasteiger charge is -2.06. The van der Waals surface area contributed by atoms with Crippen LogP contribution in [0.1, 0.15) is 12.1 Å². The quantitative estimate of drug-likeness (QED) is 0.592. The van der Waals surface area contributed by atoms with Crippen LogP contribution in [0.3, 0.4) is 0 Å². The minimum atomic E-state index is -0.0839. The van der Waals surface area contributed by atoms with Crippen LogP contribution in [0.25, 0.3) is 27.7 Å². The number of fused-ring (bicyclic) bond motifs is 2. The Labute approximate surface area is 151 Å². The molecule has 5 heteroatoms. The van der Waals surface area contributed by atoms with Crippen molar-refractivity contribution in [3.05, 3.63) is 66.5 Å².